The number of hydrogen-bond donors (Lipinski definition) is 4. The standard InChI is InChI=1S/C42H66N2O2.C2H2O4.CH3.Co/c1-13-15-21-42(12,22-16-14-2)32-24-30(38(46)34(26-32)41(9,10)11)28-44-36-20-18-17-19-35(36)43-27-29-23-31(39(3,4)5)25-33(37(29)45)40(6,7)8;3-1(4)2(5)6;;/h23-28,35-36,45-46H,13-22H2,1-12H3;(H,3,4)(H,5,6);1H3;/q;;-1;. The van der Waals surface area contributed by atoms with Crippen LogP contribution in [0.2, 0.25) is 0 Å². The number of aromatic hydroxyl groups is 2. The molecule has 2 atom stereocenters. The first-order chi connectivity index (χ1) is 24.0. The molecule has 0 saturated heterocycles. The second-order valence-corrected chi connectivity index (χ2v) is 18.0. The van der Waals surface area contributed by atoms with Gasteiger partial charge in [-0.15, -0.1) is 0 Å². The SMILES string of the molecule is CCCCC(C)(CCCC)c1cc(C=NC2CCCCC2N=Cc2cc(C(C)(C)C)cc(C(C)(C)C)c2O)c(O)c(C(C)(C)C)c1.O=C(O)C(=O)O.[CH3-].[Co]. The normalized spacial score (nSPS) is 16.7. The van der Waals surface area contributed by atoms with Crippen LogP contribution in [0.4, 0.5) is 0 Å². The van der Waals surface area contributed by atoms with Gasteiger partial charge < -0.3 is 27.9 Å². The zero-order valence-corrected chi connectivity index (χ0v) is 36.6. The summed E-state index contributed by atoms with van der Waals surface area (Å²) in [6.45, 7) is 26.6. The maximum Gasteiger partial charge on any atom is 0.414 e. The Labute approximate surface area is 337 Å². The number of carbonyl (C=O) groups is 2. The van der Waals surface area contributed by atoms with E-state index in [0.717, 1.165) is 60.8 Å². The van der Waals surface area contributed by atoms with E-state index in [4.69, 9.17) is 29.8 Å². The minimum absolute atomic E-state index is 0. The van der Waals surface area contributed by atoms with Crippen molar-refractivity contribution < 1.29 is 46.8 Å². The number of aliphatic carboxylic acids is 2. The van der Waals surface area contributed by atoms with Crippen LogP contribution >= 0.6 is 0 Å². The molecule has 2 aromatic rings. The van der Waals surface area contributed by atoms with Gasteiger partial charge in [-0.3, -0.25) is 9.98 Å². The topological polar surface area (TPSA) is 140 Å². The molecule has 0 aromatic heterocycles. The van der Waals surface area contributed by atoms with E-state index in [2.05, 4.69) is 107 Å². The largest absolute Gasteiger partial charge is 0.507 e. The average molecular weight is 795 g/mol. The van der Waals surface area contributed by atoms with Crippen molar-refractivity contribution >= 4 is 24.4 Å². The number of aliphatic imine (C=N–C) groups is 2. The quantitative estimate of drug-likeness (QED) is 0.101. The van der Waals surface area contributed by atoms with E-state index < -0.39 is 11.9 Å². The third-order valence-electron chi connectivity index (χ3n) is 10.3. The van der Waals surface area contributed by atoms with Crippen molar-refractivity contribution in [1.29, 1.82) is 0 Å². The fourth-order valence-electron chi connectivity index (χ4n) is 6.77. The van der Waals surface area contributed by atoms with Crippen LogP contribution in [0.25, 0.3) is 0 Å². The summed E-state index contributed by atoms with van der Waals surface area (Å²) in [4.78, 5) is 28.4. The molecule has 4 N–H and O–H groups in total. The Morgan fingerprint density at radius 1 is 0.648 bits per heavy atom. The molecule has 307 valence electrons. The fourth-order valence-corrected chi connectivity index (χ4v) is 6.77. The molecule has 0 aliphatic heterocycles. The van der Waals surface area contributed by atoms with E-state index in [9.17, 15) is 10.2 Å². The summed E-state index contributed by atoms with van der Waals surface area (Å²) in [5, 5.41) is 37.7. The maximum atomic E-state index is 11.6. The molecule has 9 heteroatoms. The zero-order valence-electron chi connectivity index (χ0n) is 35.5. The number of phenolic OH excluding ortho intramolecular Hbond substituents is 2. The van der Waals surface area contributed by atoms with Gasteiger partial charge >= 0.3 is 11.9 Å². The van der Waals surface area contributed by atoms with Crippen LogP contribution in [0.1, 0.15) is 181 Å². The summed E-state index contributed by atoms with van der Waals surface area (Å²) in [6.07, 6.45) is 15.1. The van der Waals surface area contributed by atoms with Gasteiger partial charge in [0.25, 0.3) is 0 Å². The van der Waals surface area contributed by atoms with E-state index >= 15 is 0 Å². The first-order valence-corrected chi connectivity index (χ1v) is 19.2. The average Bonchev–Trinajstić information content (AvgIpc) is 3.04. The molecule has 3 rings (SSSR count). The van der Waals surface area contributed by atoms with Crippen molar-refractivity contribution in [2.45, 2.75) is 181 Å². The molecule has 0 bridgehead atoms. The van der Waals surface area contributed by atoms with E-state index in [1.807, 2.05) is 12.4 Å². The van der Waals surface area contributed by atoms with Crippen molar-refractivity contribution in [3.05, 3.63) is 65.1 Å². The molecule has 2 aromatic carbocycles. The Hall–Kier alpha value is -3.17. The summed E-state index contributed by atoms with van der Waals surface area (Å²) in [5.74, 6) is -2.97. The molecule has 1 aliphatic rings. The number of carboxylic acid groups (broad SMARTS) is 2. The van der Waals surface area contributed by atoms with Crippen LogP contribution in [-0.4, -0.2) is 56.9 Å². The van der Waals surface area contributed by atoms with Crippen LogP contribution in [0.3, 0.4) is 0 Å². The number of rotatable bonds is 11. The fraction of sp³-hybridized carbons (Fsp3) is 0.622. The molecule has 0 spiro atoms. The number of carboxylic acids is 2. The summed E-state index contributed by atoms with van der Waals surface area (Å²) < 4.78 is 0. The van der Waals surface area contributed by atoms with Crippen molar-refractivity contribution in [2.24, 2.45) is 9.98 Å². The third-order valence-corrected chi connectivity index (χ3v) is 10.3. The second-order valence-electron chi connectivity index (χ2n) is 18.0. The molecule has 0 amide bonds. The van der Waals surface area contributed by atoms with Crippen LogP contribution in [0, 0.1) is 7.43 Å². The van der Waals surface area contributed by atoms with Gasteiger partial charge in [0.15, 0.2) is 0 Å². The van der Waals surface area contributed by atoms with Gasteiger partial charge in [-0.1, -0.05) is 134 Å². The molecule has 2 unspecified atom stereocenters. The predicted molar refractivity (Wildman–Crippen MR) is 222 cm³/mol. The Bertz CT molecular complexity index is 1560. The van der Waals surface area contributed by atoms with Crippen LogP contribution in [0.5, 0.6) is 11.5 Å². The van der Waals surface area contributed by atoms with E-state index in [-0.39, 0.29) is 57.9 Å². The molecule has 1 saturated carbocycles. The van der Waals surface area contributed by atoms with Crippen molar-refractivity contribution in [1.82, 2.24) is 0 Å². The number of hydrogen-bond acceptors (Lipinski definition) is 6. The monoisotopic (exact) mass is 794 g/mol. The smallest absolute Gasteiger partial charge is 0.414 e. The van der Waals surface area contributed by atoms with Crippen LogP contribution in [0.15, 0.2) is 34.3 Å². The van der Waals surface area contributed by atoms with Crippen LogP contribution < -0.4 is 0 Å². The Balaban J connectivity index is 0.00000324. The summed E-state index contributed by atoms with van der Waals surface area (Å²) in [5.41, 5.74) is 5.72. The number of nitrogens with zero attached hydrogens (tertiary/aromatic N) is 2. The Morgan fingerprint density at radius 2 is 1.00 bits per heavy atom. The maximum absolute atomic E-state index is 11.6. The Kier molecular flexibility index (Phi) is 20.0. The molecule has 1 aliphatic carbocycles. The summed E-state index contributed by atoms with van der Waals surface area (Å²) >= 11 is 0. The predicted octanol–water partition coefficient (Wildman–Crippen LogP) is 11.1. The number of phenols is 2. The molecule has 0 heterocycles. The number of unbranched alkanes of at least 4 members (excludes halogenated alkanes) is 2. The van der Waals surface area contributed by atoms with Crippen molar-refractivity contribution in [3.8, 4) is 11.5 Å². The third kappa shape index (κ3) is 14.5. The summed E-state index contributed by atoms with van der Waals surface area (Å²) in [6, 6.07) is 8.81. The first kappa shape index (κ1) is 50.8. The molecular weight excluding hydrogens is 723 g/mol. The van der Waals surface area contributed by atoms with Gasteiger partial charge in [0.2, 0.25) is 0 Å². The van der Waals surface area contributed by atoms with Gasteiger partial charge in [-0.05, 0) is 70.6 Å². The molecule has 1 fully saturated rings. The second kappa shape index (κ2) is 21.2. The number of benzene rings is 2. The zero-order chi connectivity index (χ0) is 39.7. The van der Waals surface area contributed by atoms with E-state index in [1.165, 1.54) is 36.8 Å². The first-order valence-electron chi connectivity index (χ1n) is 19.2. The van der Waals surface area contributed by atoms with Gasteiger partial charge in [0.1, 0.15) is 11.5 Å². The molecule has 8 nitrogen and oxygen atoms in total. The minimum Gasteiger partial charge on any atom is -0.507 e. The van der Waals surface area contributed by atoms with E-state index in [0.29, 0.717) is 11.5 Å². The van der Waals surface area contributed by atoms with Crippen molar-refractivity contribution in [2.75, 3.05) is 0 Å². The van der Waals surface area contributed by atoms with Gasteiger partial charge in [-0.25, -0.2) is 9.59 Å². The summed E-state index contributed by atoms with van der Waals surface area (Å²) in [7, 11) is 0. The minimum atomic E-state index is -1.82. The van der Waals surface area contributed by atoms with Crippen molar-refractivity contribution in [3.63, 3.8) is 0 Å². The van der Waals surface area contributed by atoms with Gasteiger partial charge in [0.05, 0.1) is 12.1 Å². The molecule has 54 heavy (non-hydrogen) atoms. The molecular formula is C45H71CoN2O6-. The van der Waals surface area contributed by atoms with E-state index in [1.54, 1.807) is 0 Å². The van der Waals surface area contributed by atoms with Gasteiger partial charge in [-0.2, -0.15) is 0 Å². The molecule has 1 radical (unpaired) electrons. The Morgan fingerprint density at radius 3 is 1.31 bits per heavy atom. The van der Waals surface area contributed by atoms with Gasteiger partial charge in [0, 0.05) is 51.5 Å². The van der Waals surface area contributed by atoms with Crippen LogP contribution in [-0.2, 0) is 48.0 Å².